The Labute approximate surface area is 220 Å². The molecular weight excluding hydrogens is 478 g/mol. The van der Waals surface area contributed by atoms with Gasteiger partial charge in [0.1, 0.15) is 18.1 Å². The van der Waals surface area contributed by atoms with Crippen molar-refractivity contribution in [1.29, 1.82) is 0 Å². The summed E-state index contributed by atoms with van der Waals surface area (Å²) in [4.78, 5) is 17.1. The lowest BCUT2D eigenvalue weighted by molar-refractivity contribution is 0.104. The number of ketones is 1. The summed E-state index contributed by atoms with van der Waals surface area (Å²) in [6.07, 6.45) is 1.08. The highest BCUT2D eigenvalue weighted by Gasteiger charge is 2.22. The average Bonchev–Trinajstić information content (AvgIpc) is 3.32. The van der Waals surface area contributed by atoms with Gasteiger partial charge in [-0.15, -0.1) is 11.3 Å². The number of carbonyl (C=O) groups excluding carboxylic acids is 1. The number of aromatic hydroxyl groups is 1. The molecule has 184 valence electrons. The molecule has 4 aromatic carbocycles. The highest BCUT2D eigenvalue weighted by molar-refractivity contribution is 7.22. The first-order chi connectivity index (χ1) is 18.2. The monoisotopic (exact) mass is 505 g/mol. The van der Waals surface area contributed by atoms with Crippen LogP contribution in [0.4, 0.5) is 0 Å². The molecule has 0 aliphatic carbocycles. The van der Waals surface area contributed by atoms with Crippen molar-refractivity contribution >= 4 is 27.2 Å². The van der Waals surface area contributed by atoms with Crippen LogP contribution in [0.15, 0.2) is 97.1 Å². The van der Waals surface area contributed by atoms with Crippen molar-refractivity contribution in [1.82, 2.24) is 4.90 Å². The van der Waals surface area contributed by atoms with Crippen LogP contribution < -0.4 is 4.74 Å². The van der Waals surface area contributed by atoms with Crippen LogP contribution in [0.5, 0.6) is 11.5 Å². The minimum absolute atomic E-state index is 0.0330. The van der Waals surface area contributed by atoms with E-state index in [1.54, 1.807) is 12.1 Å². The summed E-state index contributed by atoms with van der Waals surface area (Å²) in [5.74, 6) is 0.925. The summed E-state index contributed by atoms with van der Waals surface area (Å²) in [7, 11) is 0. The molecular formula is C32H27NO3S. The predicted molar refractivity (Wildman–Crippen MR) is 150 cm³/mol. The lowest BCUT2D eigenvalue weighted by Gasteiger charge is -2.28. The Morgan fingerprint density at radius 3 is 2.46 bits per heavy atom. The molecule has 0 saturated heterocycles. The fraction of sp³-hybridized carbons (Fsp3) is 0.156. The average molecular weight is 506 g/mol. The fourth-order valence-corrected chi connectivity index (χ4v) is 6.23. The maximum Gasteiger partial charge on any atom is 0.195 e. The topological polar surface area (TPSA) is 49.8 Å². The van der Waals surface area contributed by atoms with Crippen LogP contribution in [0, 0.1) is 0 Å². The van der Waals surface area contributed by atoms with Crippen LogP contribution in [0.2, 0.25) is 0 Å². The fourth-order valence-electron chi connectivity index (χ4n) is 4.99. The van der Waals surface area contributed by atoms with E-state index in [1.807, 2.05) is 60.7 Å². The Bertz CT molecular complexity index is 1560. The van der Waals surface area contributed by atoms with E-state index >= 15 is 0 Å². The molecule has 0 saturated carbocycles. The van der Waals surface area contributed by atoms with E-state index in [1.165, 1.54) is 22.5 Å². The molecule has 0 radical (unpaired) electrons. The lowest BCUT2D eigenvalue weighted by atomic mass is 9.97. The molecule has 1 N–H and O–H groups in total. The molecule has 1 aliphatic heterocycles. The molecule has 1 aliphatic rings. The number of fused-ring (bicyclic) bond motifs is 2. The summed E-state index contributed by atoms with van der Waals surface area (Å²) in [6.45, 7) is 3.47. The van der Waals surface area contributed by atoms with E-state index in [4.69, 9.17) is 4.74 Å². The van der Waals surface area contributed by atoms with Crippen molar-refractivity contribution in [3.05, 3.63) is 119 Å². The summed E-state index contributed by atoms with van der Waals surface area (Å²) in [5.41, 5.74) is 5.13. The number of phenolic OH excluding ortho intramolecular Hbond substituents is 1. The van der Waals surface area contributed by atoms with Crippen LogP contribution in [0.1, 0.15) is 27.0 Å². The third-order valence-electron chi connectivity index (χ3n) is 6.94. The lowest BCUT2D eigenvalue weighted by Crippen LogP contribution is -2.33. The Hall–Kier alpha value is -3.93. The van der Waals surface area contributed by atoms with Gasteiger partial charge in [-0.1, -0.05) is 54.6 Å². The SMILES string of the molecule is O=C(c1ccc(OCCN2CCc3ccccc3C2)cc1)c1c(-c2ccccc2)sc2cc(O)ccc12. The van der Waals surface area contributed by atoms with E-state index in [9.17, 15) is 9.90 Å². The third-order valence-corrected chi connectivity index (χ3v) is 8.14. The molecule has 5 heteroatoms. The number of benzene rings is 4. The molecule has 0 spiro atoms. The first kappa shape index (κ1) is 23.5. The molecule has 4 nitrogen and oxygen atoms in total. The van der Waals surface area contributed by atoms with Crippen LogP contribution in [0.3, 0.4) is 0 Å². The molecule has 2 heterocycles. The maximum absolute atomic E-state index is 13.7. The second-order valence-corrected chi connectivity index (χ2v) is 10.4. The van der Waals surface area contributed by atoms with Crippen molar-refractivity contribution < 1.29 is 14.6 Å². The minimum atomic E-state index is -0.0330. The number of rotatable bonds is 7. The number of nitrogens with zero attached hydrogens (tertiary/aromatic N) is 1. The molecule has 5 aromatic rings. The summed E-state index contributed by atoms with van der Waals surface area (Å²) in [5, 5.41) is 10.8. The highest BCUT2D eigenvalue weighted by atomic mass is 32.1. The van der Waals surface area contributed by atoms with E-state index in [0.717, 1.165) is 52.3 Å². The molecule has 0 atom stereocenters. The van der Waals surface area contributed by atoms with Crippen molar-refractivity contribution in [3.8, 4) is 21.9 Å². The number of ether oxygens (including phenoxy) is 1. The third kappa shape index (κ3) is 4.88. The Kier molecular flexibility index (Phi) is 6.47. The molecule has 0 bridgehead atoms. The van der Waals surface area contributed by atoms with Crippen molar-refractivity contribution in [3.63, 3.8) is 0 Å². The maximum atomic E-state index is 13.7. The van der Waals surface area contributed by atoms with Crippen LogP contribution in [0.25, 0.3) is 20.5 Å². The van der Waals surface area contributed by atoms with Gasteiger partial charge in [0.15, 0.2) is 5.78 Å². The molecule has 0 fully saturated rings. The van der Waals surface area contributed by atoms with Gasteiger partial charge in [-0.25, -0.2) is 0 Å². The number of hydrogen-bond donors (Lipinski definition) is 1. The van der Waals surface area contributed by atoms with Gasteiger partial charge < -0.3 is 9.84 Å². The van der Waals surface area contributed by atoms with Gasteiger partial charge in [-0.05, 0) is 65.6 Å². The van der Waals surface area contributed by atoms with Gasteiger partial charge in [0, 0.05) is 45.7 Å². The van der Waals surface area contributed by atoms with Crippen LogP contribution in [-0.2, 0) is 13.0 Å². The first-order valence-electron chi connectivity index (χ1n) is 12.5. The smallest absolute Gasteiger partial charge is 0.195 e. The summed E-state index contributed by atoms with van der Waals surface area (Å²) < 4.78 is 6.91. The predicted octanol–water partition coefficient (Wildman–Crippen LogP) is 6.94. The van der Waals surface area contributed by atoms with Gasteiger partial charge in [0.2, 0.25) is 0 Å². The number of phenols is 1. The minimum Gasteiger partial charge on any atom is -0.508 e. The highest BCUT2D eigenvalue weighted by Crippen LogP contribution is 2.41. The Morgan fingerprint density at radius 2 is 1.65 bits per heavy atom. The Morgan fingerprint density at radius 1 is 0.892 bits per heavy atom. The summed E-state index contributed by atoms with van der Waals surface area (Å²) >= 11 is 1.53. The van der Waals surface area contributed by atoms with Crippen molar-refractivity contribution in [2.45, 2.75) is 13.0 Å². The van der Waals surface area contributed by atoms with Gasteiger partial charge >= 0.3 is 0 Å². The molecule has 0 amide bonds. The van der Waals surface area contributed by atoms with Crippen LogP contribution in [-0.4, -0.2) is 35.5 Å². The molecule has 0 unspecified atom stereocenters. The second-order valence-electron chi connectivity index (χ2n) is 9.35. The van der Waals surface area contributed by atoms with Gasteiger partial charge in [-0.2, -0.15) is 0 Å². The summed E-state index contributed by atoms with van der Waals surface area (Å²) in [6, 6.07) is 31.2. The number of carbonyl (C=O) groups is 1. The zero-order valence-corrected chi connectivity index (χ0v) is 21.2. The van der Waals surface area contributed by atoms with Crippen molar-refractivity contribution in [2.75, 3.05) is 19.7 Å². The van der Waals surface area contributed by atoms with E-state index in [0.29, 0.717) is 17.7 Å². The van der Waals surface area contributed by atoms with E-state index in [-0.39, 0.29) is 11.5 Å². The zero-order valence-electron chi connectivity index (χ0n) is 20.4. The molecule has 37 heavy (non-hydrogen) atoms. The Balaban J connectivity index is 1.17. The van der Waals surface area contributed by atoms with Crippen LogP contribution >= 0.6 is 11.3 Å². The zero-order chi connectivity index (χ0) is 25.2. The van der Waals surface area contributed by atoms with E-state index in [2.05, 4.69) is 29.2 Å². The van der Waals surface area contributed by atoms with Gasteiger partial charge in [0.25, 0.3) is 0 Å². The molecule has 6 rings (SSSR count). The van der Waals surface area contributed by atoms with Gasteiger partial charge in [-0.3, -0.25) is 9.69 Å². The standard InChI is InChI=1S/C32H27NO3S/c34-26-12-15-28-29(20-26)37-32(24-7-2-1-3-8-24)30(28)31(35)23-10-13-27(14-11-23)36-19-18-33-17-16-22-6-4-5-9-25(22)21-33/h1-15,20,34H,16-19,21H2. The number of hydrogen-bond acceptors (Lipinski definition) is 5. The van der Waals surface area contributed by atoms with E-state index < -0.39 is 0 Å². The quantitative estimate of drug-likeness (QED) is 0.243. The first-order valence-corrected chi connectivity index (χ1v) is 13.3. The molecule has 1 aromatic heterocycles. The van der Waals surface area contributed by atoms with Gasteiger partial charge in [0.05, 0.1) is 0 Å². The number of thiophene rings is 1. The normalized spacial score (nSPS) is 13.4. The second kappa shape index (κ2) is 10.2. The van der Waals surface area contributed by atoms with Crippen molar-refractivity contribution in [2.24, 2.45) is 0 Å². The largest absolute Gasteiger partial charge is 0.508 e.